The minimum Gasteiger partial charge on any atom is -0.497 e. The van der Waals surface area contributed by atoms with E-state index < -0.39 is 10.0 Å². The van der Waals surface area contributed by atoms with Crippen molar-refractivity contribution in [3.8, 4) is 17.2 Å². The molecule has 128 valence electrons. The lowest BCUT2D eigenvalue weighted by molar-refractivity contribution is 0.415. The van der Waals surface area contributed by atoms with Gasteiger partial charge < -0.3 is 9.47 Å². The van der Waals surface area contributed by atoms with Crippen LogP contribution in [0.5, 0.6) is 17.2 Å². The Hall–Kier alpha value is -2.99. The molecule has 0 bridgehead atoms. The second kappa shape index (κ2) is 7.27. The normalized spacial score (nSPS) is 10.9. The van der Waals surface area contributed by atoms with Crippen molar-refractivity contribution in [1.82, 2.24) is 0 Å². The van der Waals surface area contributed by atoms with Gasteiger partial charge >= 0.3 is 0 Å². The van der Waals surface area contributed by atoms with Crippen LogP contribution in [-0.4, -0.2) is 15.5 Å². The zero-order valence-corrected chi connectivity index (χ0v) is 14.4. The van der Waals surface area contributed by atoms with Gasteiger partial charge in [-0.3, -0.25) is 4.72 Å². The topological polar surface area (TPSA) is 64.6 Å². The Balaban J connectivity index is 1.76. The third-order valence-corrected chi connectivity index (χ3v) is 4.83. The maximum Gasteiger partial charge on any atom is 0.261 e. The first-order valence-electron chi connectivity index (χ1n) is 7.57. The summed E-state index contributed by atoms with van der Waals surface area (Å²) < 4.78 is 38.2. The van der Waals surface area contributed by atoms with Crippen molar-refractivity contribution in [2.75, 3.05) is 11.8 Å². The molecule has 5 nitrogen and oxygen atoms in total. The van der Waals surface area contributed by atoms with E-state index in [0.29, 0.717) is 22.9 Å². The summed E-state index contributed by atoms with van der Waals surface area (Å²) in [4.78, 5) is 0.149. The molecule has 0 heterocycles. The number of nitrogens with one attached hydrogen (secondary N) is 1. The monoisotopic (exact) mass is 355 g/mol. The molecule has 1 N–H and O–H groups in total. The van der Waals surface area contributed by atoms with E-state index in [1.54, 1.807) is 36.4 Å². The minimum atomic E-state index is -3.69. The van der Waals surface area contributed by atoms with Gasteiger partial charge in [0.15, 0.2) is 0 Å². The van der Waals surface area contributed by atoms with Crippen molar-refractivity contribution in [3.05, 3.63) is 78.9 Å². The summed E-state index contributed by atoms with van der Waals surface area (Å²) in [6.45, 7) is 0. The third kappa shape index (κ3) is 4.30. The summed E-state index contributed by atoms with van der Waals surface area (Å²) in [6.07, 6.45) is 0. The molecule has 0 saturated heterocycles. The van der Waals surface area contributed by atoms with Crippen LogP contribution in [0, 0.1) is 0 Å². The average molecular weight is 355 g/mol. The molecule has 0 aromatic heterocycles. The van der Waals surface area contributed by atoms with E-state index in [4.69, 9.17) is 9.47 Å². The van der Waals surface area contributed by atoms with E-state index in [-0.39, 0.29) is 4.90 Å². The lowest BCUT2D eigenvalue weighted by Crippen LogP contribution is -2.12. The summed E-state index contributed by atoms with van der Waals surface area (Å²) >= 11 is 0. The summed E-state index contributed by atoms with van der Waals surface area (Å²) in [6, 6.07) is 22.3. The SMILES string of the molecule is COc1cccc(NS(=O)(=O)c2ccc(Oc3ccccc3)cc2)c1. The number of rotatable bonds is 6. The molecular formula is C19H17NO4S. The van der Waals surface area contributed by atoms with Gasteiger partial charge in [-0.25, -0.2) is 8.42 Å². The molecule has 0 aliphatic carbocycles. The van der Waals surface area contributed by atoms with Crippen LogP contribution in [0.1, 0.15) is 0 Å². The highest BCUT2D eigenvalue weighted by atomic mass is 32.2. The Morgan fingerprint density at radius 1 is 0.760 bits per heavy atom. The zero-order valence-electron chi connectivity index (χ0n) is 13.5. The molecular weight excluding hydrogens is 338 g/mol. The quantitative estimate of drug-likeness (QED) is 0.716. The lowest BCUT2D eigenvalue weighted by atomic mass is 10.3. The van der Waals surface area contributed by atoms with E-state index >= 15 is 0 Å². The fraction of sp³-hybridized carbons (Fsp3) is 0.0526. The van der Waals surface area contributed by atoms with E-state index in [0.717, 1.165) is 0 Å². The molecule has 6 heteroatoms. The van der Waals surface area contributed by atoms with Crippen molar-refractivity contribution in [3.63, 3.8) is 0 Å². The molecule has 0 aliphatic heterocycles. The number of ether oxygens (including phenoxy) is 2. The molecule has 0 spiro atoms. The Bertz CT molecular complexity index is 939. The van der Waals surface area contributed by atoms with Crippen molar-refractivity contribution < 1.29 is 17.9 Å². The van der Waals surface area contributed by atoms with Crippen LogP contribution < -0.4 is 14.2 Å². The summed E-state index contributed by atoms with van der Waals surface area (Å²) in [5.41, 5.74) is 0.434. The van der Waals surface area contributed by atoms with Gasteiger partial charge in [0.2, 0.25) is 0 Å². The van der Waals surface area contributed by atoms with Gasteiger partial charge in [0.1, 0.15) is 17.2 Å². The standard InChI is InChI=1S/C19H17NO4S/c1-23-18-9-5-6-15(14-18)20-25(21,22)19-12-10-17(11-13-19)24-16-7-3-2-4-8-16/h2-14,20H,1H3. The van der Waals surface area contributed by atoms with Crippen LogP contribution in [0.3, 0.4) is 0 Å². The smallest absolute Gasteiger partial charge is 0.261 e. The highest BCUT2D eigenvalue weighted by Crippen LogP contribution is 2.24. The van der Waals surface area contributed by atoms with Crippen molar-refractivity contribution >= 4 is 15.7 Å². The van der Waals surface area contributed by atoms with Gasteiger partial charge in [-0.2, -0.15) is 0 Å². The van der Waals surface area contributed by atoms with Gasteiger partial charge in [0.25, 0.3) is 10.0 Å². The Morgan fingerprint density at radius 3 is 2.08 bits per heavy atom. The predicted octanol–water partition coefficient (Wildman–Crippen LogP) is 4.29. The zero-order chi connectivity index (χ0) is 17.7. The number of anilines is 1. The second-order valence-electron chi connectivity index (χ2n) is 5.22. The highest BCUT2D eigenvalue weighted by Gasteiger charge is 2.14. The van der Waals surface area contributed by atoms with E-state index in [9.17, 15) is 8.42 Å². The van der Waals surface area contributed by atoms with Gasteiger partial charge in [0, 0.05) is 6.07 Å². The van der Waals surface area contributed by atoms with Crippen LogP contribution in [0.25, 0.3) is 0 Å². The molecule has 3 rings (SSSR count). The molecule has 25 heavy (non-hydrogen) atoms. The molecule has 3 aromatic rings. The van der Waals surface area contributed by atoms with Crippen LogP contribution >= 0.6 is 0 Å². The number of hydrogen-bond donors (Lipinski definition) is 1. The van der Waals surface area contributed by atoms with Crippen LogP contribution in [0.15, 0.2) is 83.8 Å². The molecule has 0 atom stereocenters. The first-order chi connectivity index (χ1) is 12.1. The summed E-state index contributed by atoms with van der Waals surface area (Å²) in [5.74, 6) is 1.82. The minimum absolute atomic E-state index is 0.149. The van der Waals surface area contributed by atoms with E-state index in [2.05, 4.69) is 4.72 Å². The van der Waals surface area contributed by atoms with Crippen molar-refractivity contribution in [2.24, 2.45) is 0 Å². The number of sulfonamides is 1. The maximum absolute atomic E-state index is 12.5. The van der Waals surface area contributed by atoms with E-state index in [1.165, 1.54) is 19.2 Å². The van der Waals surface area contributed by atoms with Crippen molar-refractivity contribution in [2.45, 2.75) is 4.90 Å². The van der Waals surface area contributed by atoms with Gasteiger partial charge in [0.05, 0.1) is 17.7 Å². The molecule has 3 aromatic carbocycles. The maximum atomic E-state index is 12.5. The lowest BCUT2D eigenvalue weighted by Gasteiger charge is -2.10. The number of methoxy groups -OCH3 is 1. The second-order valence-corrected chi connectivity index (χ2v) is 6.91. The molecule has 0 aliphatic rings. The highest BCUT2D eigenvalue weighted by molar-refractivity contribution is 7.92. The third-order valence-electron chi connectivity index (χ3n) is 3.43. The van der Waals surface area contributed by atoms with Gasteiger partial charge in [-0.05, 0) is 48.5 Å². The van der Waals surface area contributed by atoms with Gasteiger partial charge in [-0.15, -0.1) is 0 Å². The Morgan fingerprint density at radius 2 is 1.40 bits per heavy atom. The number of benzene rings is 3. The van der Waals surface area contributed by atoms with Crippen LogP contribution in [0.2, 0.25) is 0 Å². The Kier molecular flexibility index (Phi) is 4.90. The van der Waals surface area contributed by atoms with E-state index in [1.807, 2.05) is 30.3 Å². The van der Waals surface area contributed by atoms with Crippen LogP contribution in [0.4, 0.5) is 5.69 Å². The molecule has 0 unspecified atom stereocenters. The van der Waals surface area contributed by atoms with Crippen molar-refractivity contribution in [1.29, 1.82) is 0 Å². The molecule has 0 amide bonds. The number of hydrogen-bond acceptors (Lipinski definition) is 4. The first-order valence-corrected chi connectivity index (χ1v) is 9.05. The van der Waals surface area contributed by atoms with Crippen LogP contribution in [-0.2, 0) is 10.0 Å². The molecule has 0 fully saturated rings. The summed E-state index contributed by atoms with van der Waals surface area (Å²) in [5, 5.41) is 0. The number of para-hydroxylation sites is 1. The largest absolute Gasteiger partial charge is 0.497 e. The summed E-state index contributed by atoms with van der Waals surface area (Å²) in [7, 11) is -2.16. The molecule has 0 radical (unpaired) electrons. The average Bonchev–Trinajstić information content (AvgIpc) is 2.63. The fourth-order valence-electron chi connectivity index (χ4n) is 2.21. The molecule has 0 saturated carbocycles. The predicted molar refractivity (Wildman–Crippen MR) is 96.8 cm³/mol. The van der Waals surface area contributed by atoms with Gasteiger partial charge in [-0.1, -0.05) is 24.3 Å². The Labute approximate surface area is 146 Å². The fourth-order valence-corrected chi connectivity index (χ4v) is 3.26. The first kappa shape index (κ1) is 16.9.